The number of rotatable bonds is 19. The number of hydrogen-bond donors (Lipinski definition) is 6. The summed E-state index contributed by atoms with van der Waals surface area (Å²) in [5.74, 6) is 0.771. The van der Waals surface area contributed by atoms with E-state index >= 15 is 0 Å². The standard InChI is InChI=1S/C39H49ClN2O10S/c40-33-13-12-29(53(49,50)42-26-7-5-24(6-8-26)19-27(44)9-14-34(45)37(47)38(48)35(46)22-43)20-25(33)23-51-39(16-17-39)32-21-41-18-15-30(32)31-3-1-2-4-36(31)52-28-10-11-28/h1-4,12-13,15,18,20-21,24,26,28,34-35,37-38,42-43,45-48H,5-11,14,16-17,19,22-23H2/t24?,26?,34-,35+,37+,38+/m0/s1. The van der Waals surface area contributed by atoms with Crippen molar-refractivity contribution in [3.63, 3.8) is 0 Å². The Morgan fingerprint density at radius 1 is 0.943 bits per heavy atom. The average Bonchev–Trinajstić information content (AvgIpc) is 4.11. The molecule has 0 unspecified atom stereocenters. The van der Waals surface area contributed by atoms with E-state index in [1.165, 1.54) is 6.07 Å². The lowest BCUT2D eigenvalue weighted by atomic mass is 9.83. The molecule has 1 aromatic heterocycles. The van der Waals surface area contributed by atoms with E-state index in [0.717, 1.165) is 48.1 Å². The number of halogens is 1. The number of hydrogen-bond acceptors (Lipinski definition) is 11. The predicted octanol–water partition coefficient (Wildman–Crippen LogP) is 4.16. The topological polar surface area (TPSA) is 196 Å². The molecular weight excluding hydrogens is 724 g/mol. The molecule has 14 heteroatoms. The molecule has 0 amide bonds. The lowest BCUT2D eigenvalue weighted by molar-refractivity contribution is -0.126. The molecule has 0 spiro atoms. The average molecular weight is 773 g/mol. The molecule has 3 fully saturated rings. The normalized spacial score (nSPS) is 22.1. The third-order valence-corrected chi connectivity index (χ3v) is 12.5. The zero-order valence-corrected chi connectivity index (χ0v) is 31.1. The molecular formula is C39H49ClN2O10S. The molecule has 0 radical (unpaired) electrons. The van der Waals surface area contributed by atoms with E-state index < -0.39 is 46.6 Å². The summed E-state index contributed by atoms with van der Waals surface area (Å²) in [6, 6.07) is 14.3. The second-order valence-electron chi connectivity index (χ2n) is 14.7. The summed E-state index contributed by atoms with van der Waals surface area (Å²) in [6.45, 7) is -0.669. The highest BCUT2D eigenvalue weighted by molar-refractivity contribution is 7.89. The van der Waals surface area contributed by atoms with Crippen LogP contribution in [0.2, 0.25) is 5.02 Å². The number of nitrogens with one attached hydrogen (secondary N) is 1. The highest BCUT2D eigenvalue weighted by Gasteiger charge is 2.48. The van der Waals surface area contributed by atoms with Gasteiger partial charge in [0.05, 0.1) is 35.9 Å². The summed E-state index contributed by atoms with van der Waals surface area (Å²) in [5, 5.41) is 48.7. The van der Waals surface area contributed by atoms with Crippen molar-refractivity contribution in [2.45, 2.75) is 124 Å². The Balaban J connectivity index is 1.02. The molecule has 3 aliphatic carbocycles. The molecule has 6 rings (SSSR count). The SMILES string of the molecule is O=C(CC[C@H](O)[C@@H](O)[C@H](O)[C@H](O)CO)CC1CCC(NS(=O)(=O)c2ccc(Cl)c(COC3(c4cnccc4-c4ccccc4OC4CC4)CC3)c2)CC1. The van der Waals surface area contributed by atoms with Gasteiger partial charge in [0, 0.05) is 47.4 Å². The smallest absolute Gasteiger partial charge is 0.240 e. The van der Waals surface area contributed by atoms with Gasteiger partial charge >= 0.3 is 0 Å². The third-order valence-electron chi connectivity index (χ3n) is 10.6. The van der Waals surface area contributed by atoms with E-state index in [4.69, 9.17) is 26.2 Å². The maximum absolute atomic E-state index is 13.5. The van der Waals surface area contributed by atoms with Gasteiger partial charge in [0.1, 0.15) is 29.8 Å². The second kappa shape index (κ2) is 17.2. The van der Waals surface area contributed by atoms with Crippen molar-refractivity contribution in [3.8, 4) is 16.9 Å². The number of carbonyl (C=O) groups is 1. The number of benzene rings is 2. The molecule has 3 saturated carbocycles. The van der Waals surface area contributed by atoms with Crippen molar-refractivity contribution in [2.24, 2.45) is 5.92 Å². The van der Waals surface area contributed by atoms with Crippen molar-refractivity contribution < 1.29 is 48.2 Å². The van der Waals surface area contributed by atoms with Crippen LogP contribution < -0.4 is 9.46 Å². The number of carbonyl (C=O) groups excluding carboxylic acids is 1. The summed E-state index contributed by atoms with van der Waals surface area (Å²) in [5.41, 5.74) is 2.90. The molecule has 6 N–H and O–H groups in total. The maximum Gasteiger partial charge on any atom is 0.240 e. The fourth-order valence-corrected chi connectivity index (χ4v) is 8.57. The van der Waals surface area contributed by atoms with Gasteiger partial charge in [-0.15, -0.1) is 0 Å². The van der Waals surface area contributed by atoms with E-state index in [2.05, 4.69) is 9.71 Å². The molecule has 1 heterocycles. The fourth-order valence-electron chi connectivity index (χ4n) is 7.04. The van der Waals surface area contributed by atoms with Gasteiger partial charge in [0.2, 0.25) is 10.0 Å². The van der Waals surface area contributed by atoms with Crippen molar-refractivity contribution in [2.75, 3.05) is 6.61 Å². The lowest BCUT2D eigenvalue weighted by Gasteiger charge is -2.29. The first-order chi connectivity index (χ1) is 25.4. The second-order valence-corrected chi connectivity index (χ2v) is 16.8. The molecule has 53 heavy (non-hydrogen) atoms. The quantitative estimate of drug-likeness (QED) is 0.102. The molecule has 4 atom stereocenters. The van der Waals surface area contributed by atoms with Crippen LogP contribution in [-0.2, 0) is 31.8 Å². The Morgan fingerprint density at radius 3 is 2.36 bits per heavy atom. The number of aliphatic hydroxyl groups excluding tert-OH is 5. The van der Waals surface area contributed by atoms with E-state index in [0.29, 0.717) is 36.3 Å². The summed E-state index contributed by atoms with van der Waals surface area (Å²) >= 11 is 6.57. The minimum Gasteiger partial charge on any atom is -0.490 e. The van der Waals surface area contributed by atoms with Gasteiger partial charge in [-0.1, -0.05) is 29.8 Å². The van der Waals surface area contributed by atoms with Crippen LogP contribution >= 0.6 is 11.6 Å². The molecule has 0 aliphatic heterocycles. The van der Waals surface area contributed by atoms with Gasteiger partial charge in [0.25, 0.3) is 0 Å². The highest BCUT2D eigenvalue weighted by atomic mass is 35.5. The minimum absolute atomic E-state index is 0.0246. The van der Waals surface area contributed by atoms with Crippen LogP contribution in [0.3, 0.4) is 0 Å². The minimum atomic E-state index is -3.88. The maximum atomic E-state index is 13.5. The molecule has 3 aliphatic rings. The van der Waals surface area contributed by atoms with Crippen molar-refractivity contribution in [3.05, 3.63) is 77.1 Å². The fraction of sp³-hybridized carbons (Fsp3) is 0.538. The summed E-state index contributed by atoms with van der Waals surface area (Å²) in [7, 11) is -3.88. The Morgan fingerprint density at radius 2 is 1.66 bits per heavy atom. The number of para-hydroxylation sites is 1. The zero-order chi connectivity index (χ0) is 37.8. The zero-order valence-electron chi connectivity index (χ0n) is 29.5. The Labute approximate surface area is 315 Å². The molecule has 12 nitrogen and oxygen atoms in total. The van der Waals surface area contributed by atoms with E-state index in [1.54, 1.807) is 18.3 Å². The van der Waals surface area contributed by atoms with Crippen LogP contribution in [-0.4, -0.2) is 87.9 Å². The first-order valence-electron chi connectivity index (χ1n) is 18.4. The number of ether oxygens (including phenoxy) is 2. The number of nitrogens with zero attached hydrogens (tertiary/aromatic N) is 1. The first kappa shape index (κ1) is 39.7. The lowest BCUT2D eigenvalue weighted by Crippen LogP contribution is -2.45. The number of aliphatic hydroxyl groups is 5. The van der Waals surface area contributed by atoms with Gasteiger partial charge in [-0.3, -0.25) is 9.78 Å². The van der Waals surface area contributed by atoms with E-state index in [1.807, 2.05) is 36.5 Å². The van der Waals surface area contributed by atoms with Gasteiger partial charge in [-0.2, -0.15) is 0 Å². The van der Waals surface area contributed by atoms with Crippen molar-refractivity contribution >= 4 is 27.4 Å². The summed E-state index contributed by atoms with van der Waals surface area (Å²) in [6.07, 6.45) is 3.56. The monoisotopic (exact) mass is 772 g/mol. The Hall–Kier alpha value is -2.98. The Bertz CT molecular complexity index is 1830. The van der Waals surface area contributed by atoms with Crippen LogP contribution in [0.25, 0.3) is 11.1 Å². The van der Waals surface area contributed by atoms with Crippen molar-refractivity contribution in [1.82, 2.24) is 9.71 Å². The molecule has 2 aromatic carbocycles. The third kappa shape index (κ3) is 10.0. The summed E-state index contributed by atoms with van der Waals surface area (Å²) < 4.78 is 42.6. The molecule has 288 valence electrons. The first-order valence-corrected chi connectivity index (χ1v) is 20.3. The van der Waals surface area contributed by atoms with Crippen LogP contribution in [0.4, 0.5) is 0 Å². The number of aromatic nitrogens is 1. The number of Topliss-reactive ketones (excluding diaryl/α,β-unsaturated/α-hetero) is 1. The number of pyridine rings is 1. The number of sulfonamides is 1. The molecule has 0 saturated heterocycles. The van der Waals surface area contributed by atoms with Crippen LogP contribution in [0.1, 0.15) is 81.8 Å². The largest absolute Gasteiger partial charge is 0.490 e. The predicted molar refractivity (Wildman–Crippen MR) is 197 cm³/mol. The highest BCUT2D eigenvalue weighted by Crippen LogP contribution is 2.53. The van der Waals surface area contributed by atoms with Crippen LogP contribution in [0.5, 0.6) is 5.75 Å². The van der Waals surface area contributed by atoms with Crippen LogP contribution in [0.15, 0.2) is 65.8 Å². The summed E-state index contributed by atoms with van der Waals surface area (Å²) in [4.78, 5) is 17.1. The van der Waals surface area contributed by atoms with Crippen LogP contribution in [0, 0.1) is 5.92 Å². The number of ketones is 1. The molecule has 3 aromatic rings. The Kier molecular flexibility index (Phi) is 12.9. The van der Waals surface area contributed by atoms with Crippen molar-refractivity contribution in [1.29, 1.82) is 0 Å². The van der Waals surface area contributed by atoms with Gasteiger partial charge < -0.3 is 35.0 Å². The van der Waals surface area contributed by atoms with E-state index in [9.17, 15) is 33.6 Å². The van der Waals surface area contributed by atoms with Gasteiger partial charge in [-0.25, -0.2) is 13.1 Å². The van der Waals surface area contributed by atoms with E-state index in [-0.39, 0.29) is 54.6 Å². The van der Waals surface area contributed by atoms with Gasteiger partial charge in [-0.05, 0) is 105 Å². The molecule has 0 bridgehead atoms. The van der Waals surface area contributed by atoms with Gasteiger partial charge in [0.15, 0.2) is 0 Å².